The fourth-order valence-corrected chi connectivity index (χ4v) is 3.19. The average molecular weight is 195 g/mol. The largest absolute Gasteiger partial charge is 0.309 e. The molecule has 1 heteroatoms. The molecule has 2 atom stereocenters. The lowest BCUT2D eigenvalue weighted by atomic mass is 9.88. The maximum atomic E-state index is 3.73. The smallest absolute Gasteiger partial charge is 0.0216 e. The van der Waals surface area contributed by atoms with Crippen LogP contribution in [-0.2, 0) is 0 Å². The molecule has 0 radical (unpaired) electrons. The van der Waals surface area contributed by atoms with E-state index < -0.39 is 0 Å². The van der Waals surface area contributed by atoms with Gasteiger partial charge in [0, 0.05) is 11.6 Å². The van der Waals surface area contributed by atoms with Crippen molar-refractivity contribution in [2.45, 2.75) is 71.9 Å². The van der Waals surface area contributed by atoms with Gasteiger partial charge in [0.25, 0.3) is 0 Å². The molecule has 2 unspecified atom stereocenters. The first-order valence-electron chi connectivity index (χ1n) is 6.06. The summed E-state index contributed by atoms with van der Waals surface area (Å²) in [6, 6.07) is 0.619. The predicted octanol–water partition coefficient (Wildman–Crippen LogP) is 3.34. The molecule has 0 heterocycles. The van der Waals surface area contributed by atoms with Crippen molar-refractivity contribution in [1.82, 2.24) is 5.32 Å². The number of hydrogen-bond acceptors (Lipinski definition) is 1. The molecule has 82 valence electrons. The highest BCUT2D eigenvalue weighted by molar-refractivity contribution is 5.19. The molecule has 0 spiro atoms. The Balaban J connectivity index is 1.93. The fraction of sp³-hybridized carbons (Fsp3) is 1.00. The lowest BCUT2D eigenvalue weighted by molar-refractivity contribution is 0.302. The molecule has 2 saturated carbocycles. The molecule has 2 rings (SSSR count). The van der Waals surface area contributed by atoms with Crippen molar-refractivity contribution in [1.29, 1.82) is 0 Å². The number of rotatable bonds is 4. The Morgan fingerprint density at radius 3 is 2.14 bits per heavy atom. The van der Waals surface area contributed by atoms with Crippen molar-refractivity contribution in [3.8, 4) is 0 Å². The second-order valence-electron chi connectivity index (χ2n) is 6.86. The summed E-state index contributed by atoms with van der Waals surface area (Å²) < 4.78 is 0. The second-order valence-corrected chi connectivity index (χ2v) is 6.86. The average Bonchev–Trinajstić information content (AvgIpc) is 2.74. The Hall–Kier alpha value is -0.0400. The van der Waals surface area contributed by atoms with Crippen LogP contribution < -0.4 is 5.32 Å². The van der Waals surface area contributed by atoms with Crippen molar-refractivity contribution in [3.63, 3.8) is 0 Å². The lowest BCUT2D eigenvalue weighted by Crippen LogP contribution is -2.39. The summed E-state index contributed by atoms with van der Waals surface area (Å²) in [4.78, 5) is 0. The Morgan fingerprint density at radius 1 is 1.14 bits per heavy atom. The van der Waals surface area contributed by atoms with Crippen molar-refractivity contribution in [3.05, 3.63) is 0 Å². The van der Waals surface area contributed by atoms with Gasteiger partial charge in [-0.15, -0.1) is 0 Å². The highest BCUT2D eigenvalue weighted by Crippen LogP contribution is 2.66. The minimum atomic E-state index is 0.423. The third-order valence-electron chi connectivity index (χ3n) is 4.48. The van der Waals surface area contributed by atoms with Crippen LogP contribution in [0.15, 0.2) is 0 Å². The molecule has 0 aromatic rings. The van der Waals surface area contributed by atoms with E-state index in [1.54, 1.807) is 0 Å². The molecule has 14 heavy (non-hydrogen) atoms. The van der Waals surface area contributed by atoms with Gasteiger partial charge in [0.2, 0.25) is 0 Å². The molecule has 2 aliphatic carbocycles. The third-order valence-corrected chi connectivity index (χ3v) is 4.48. The monoisotopic (exact) mass is 195 g/mol. The van der Waals surface area contributed by atoms with E-state index in [9.17, 15) is 0 Å². The molecule has 0 aliphatic heterocycles. The molecule has 0 aromatic carbocycles. The van der Waals surface area contributed by atoms with Gasteiger partial charge >= 0.3 is 0 Å². The minimum Gasteiger partial charge on any atom is -0.309 e. The van der Waals surface area contributed by atoms with Gasteiger partial charge in [0.05, 0.1) is 0 Å². The maximum Gasteiger partial charge on any atom is 0.0216 e. The van der Waals surface area contributed by atoms with E-state index in [1.165, 1.54) is 25.7 Å². The first-order valence-corrected chi connectivity index (χ1v) is 6.06. The molecule has 2 aliphatic rings. The first kappa shape index (κ1) is 10.5. The Kier molecular flexibility index (Phi) is 2.06. The molecule has 0 aromatic heterocycles. The SMILES string of the molecule is CC(C)NC1(C)CC1(C)CC1(C)CC1. The summed E-state index contributed by atoms with van der Waals surface area (Å²) in [5.74, 6) is 0. The molecule has 0 amide bonds. The quantitative estimate of drug-likeness (QED) is 0.725. The van der Waals surface area contributed by atoms with E-state index in [0.717, 1.165) is 0 Å². The van der Waals surface area contributed by atoms with Crippen molar-refractivity contribution in [2.75, 3.05) is 0 Å². The van der Waals surface area contributed by atoms with Gasteiger partial charge < -0.3 is 5.32 Å². The van der Waals surface area contributed by atoms with Crippen LogP contribution in [0.3, 0.4) is 0 Å². The van der Waals surface area contributed by atoms with Crippen LogP contribution in [0, 0.1) is 10.8 Å². The topological polar surface area (TPSA) is 12.0 Å². The molecule has 1 nitrogen and oxygen atoms in total. The van der Waals surface area contributed by atoms with Gasteiger partial charge in [-0.1, -0.05) is 27.7 Å². The van der Waals surface area contributed by atoms with Crippen LogP contribution in [0.1, 0.15) is 60.3 Å². The van der Waals surface area contributed by atoms with Gasteiger partial charge in [0.15, 0.2) is 0 Å². The molecule has 1 N–H and O–H groups in total. The zero-order chi connectivity index (χ0) is 10.6. The molecular formula is C13H25N. The molecular weight excluding hydrogens is 170 g/mol. The van der Waals surface area contributed by atoms with Crippen molar-refractivity contribution >= 4 is 0 Å². The van der Waals surface area contributed by atoms with E-state index in [2.05, 4.69) is 39.9 Å². The van der Waals surface area contributed by atoms with Crippen LogP contribution in [0.25, 0.3) is 0 Å². The van der Waals surface area contributed by atoms with Crippen LogP contribution in [-0.4, -0.2) is 11.6 Å². The van der Waals surface area contributed by atoms with Crippen LogP contribution in [0.4, 0.5) is 0 Å². The van der Waals surface area contributed by atoms with Crippen LogP contribution in [0.2, 0.25) is 0 Å². The number of hydrogen-bond donors (Lipinski definition) is 1. The van der Waals surface area contributed by atoms with Gasteiger partial charge in [0.1, 0.15) is 0 Å². The third kappa shape index (κ3) is 1.71. The van der Waals surface area contributed by atoms with Gasteiger partial charge in [-0.2, -0.15) is 0 Å². The summed E-state index contributed by atoms with van der Waals surface area (Å²) in [5, 5.41) is 3.73. The first-order chi connectivity index (χ1) is 6.29. The Morgan fingerprint density at radius 2 is 1.71 bits per heavy atom. The molecule has 0 saturated heterocycles. The van der Waals surface area contributed by atoms with Gasteiger partial charge in [-0.25, -0.2) is 0 Å². The van der Waals surface area contributed by atoms with Crippen LogP contribution >= 0.6 is 0 Å². The van der Waals surface area contributed by atoms with Crippen molar-refractivity contribution < 1.29 is 0 Å². The predicted molar refractivity (Wildman–Crippen MR) is 61.4 cm³/mol. The zero-order valence-electron chi connectivity index (χ0n) is 10.4. The van der Waals surface area contributed by atoms with Crippen LogP contribution in [0.5, 0.6) is 0 Å². The summed E-state index contributed by atoms with van der Waals surface area (Å²) in [6.07, 6.45) is 5.71. The summed E-state index contributed by atoms with van der Waals surface area (Å²) in [7, 11) is 0. The number of nitrogens with one attached hydrogen (secondary N) is 1. The highest BCUT2D eigenvalue weighted by Gasteiger charge is 2.63. The summed E-state index contributed by atoms with van der Waals surface area (Å²) in [6.45, 7) is 11.8. The van der Waals surface area contributed by atoms with Gasteiger partial charge in [-0.3, -0.25) is 0 Å². The normalized spacial score (nSPS) is 44.1. The second kappa shape index (κ2) is 2.75. The summed E-state index contributed by atoms with van der Waals surface area (Å²) in [5.41, 5.74) is 1.69. The zero-order valence-corrected chi connectivity index (χ0v) is 10.4. The summed E-state index contributed by atoms with van der Waals surface area (Å²) >= 11 is 0. The van der Waals surface area contributed by atoms with E-state index in [1.807, 2.05) is 0 Å². The van der Waals surface area contributed by atoms with E-state index in [0.29, 0.717) is 22.4 Å². The highest BCUT2D eigenvalue weighted by atomic mass is 15.1. The van der Waals surface area contributed by atoms with E-state index in [4.69, 9.17) is 0 Å². The van der Waals surface area contributed by atoms with Gasteiger partial charge in [-0.05, 0) is 43.4 Å². The lowest BCUT2D eigenvalue weighted by Gasteiger charge is -2.25. The maximum absolute atomic E-state index is 3.73. The molecule has 0 bridgehead atoms. The Bertz CT molecular complexity index is 242. The van der Waals surface area contributed by atoms with Crippen molar-refractivity contribution in [2.24, 2.45) is 10.8 Å². The van der Waals surface area contributed by atoms with E-state index in [-0.39, 0.29) is 0 Å². The Labute approximate surface area is 88.7 Å². The fourth-order valence-electron chi connectivity index (χ4n) is 3.19. The van der Waals surface area contributed by atoms with E-state index >= 15 is 0 Å². The minimum absolute atomic E-state index is 0.423. The standard InChI is InChI=1S/C13H25N/c1-10(2)14-13(5)9-12(13,4)8-11(3)6-7-11/h10,14H,6-9H2,1-5H3. The molecule has 2 fully saturated rings.